The van der Waals surface area contributed by atoms with Crippen molar-refractivity contribution in [1.29, 1.82) is 5.26 Å². The van der Waals surface area contributed by atoms with Crippen molar-refractivity contribution in [3.63, 3.8) is 0 Å². The van der Waals surface area contributed by atoms with Gasteiger partial charge in [0.05, 0.1) is 22.2 Å². The molecule has 0 saturated carbocycles. The van der Waals surface area contributed by atoms with Crippen molar-refractivity contribution >= 4 is 33.7 Å². The van der Waals surface area contributed by atoms with Crippen molar-refractivity contribution in [3.8, 4) is 6.07 Å². The minimum absolute atomic E-state index is 0.0910. The number of fused-ring (bicyclic) bond motifs is 1. The fourth-order valence-electron chi connectivity index (χ4n) is 3.10. The molecule has 0 aliphatic carbocycles. The Balaban J connectivity index is 1.51. The predicted molar refractivity (Wildman–Crippen MR) is 117 cm³/mol. The van der Waals surface area contributed by atoms with Crippen LogP contribution in [-0.2, 0) is 6.54 Å². The lowest BCUT2D eigenvalue weighted by Crippen LogP contribution is -2.02. The fourth-order valence-corrected chi connectivity index (χ4v) is 3.10. The van der Waals surface area contributed by atoms with Gasteiger partial charge in [-0.2, -0.15) is 5.26 Å². The maximum atomic E-state index is 11.9. The number of rotatable bonds is 6. The van der Waals surface area contributed by atoms with Gasteiger partial charge in [0, 0.05) is 41.5 Å². The van der Waals surface area contributed by atoms with Gasteiger partial charge in [0.25, 0.3) is 5.69 Å². The Hall–Kier alpha value is -4.64. The smallest absolute Gasteiger partial charge is 0.338 e. The van der Waals surface area contributed by atoms with E-state index in [9.17, 15) is 14.9 Å². The Kier molecular flexibility index (Phi) is 5.32. The van der Waals surface area contributed by atoms with Crippen molar-refractivity contribution in [2.75, 3.05) is 10.6 Å². The third kappa shape index (κ3) is 4.52. The highest BCUT2D eigenvalue weighted by molar-refractivity contribution is 5.93. The molecule has 0 spiro atoms. The van der Waals surface area contributed by atoms with E-state index in [1.54, 1.807) is 12.1 Å². The summed E-state index contributed by atoms with van der Waals surface area (Å²) in [6.07, 6.45) is 0. The van der Waals surface area contributed by atoms with Gasteiger partial charge in [-0.15, -0.1) is 0 Å². The Morgan fingerprint density at radius 2 is 1.68 bits per heavy atom. The van der Waals surface area contributed by atoms with E-state index in [0.29, 0.717) is 28.9 Å². The highest BCUT2D eigenvalue weighted by Gasteiger charge is 2.12. The summed E-state index contributed by atoms with van der Waals surface area (Å²) in [4.78, 5) is 22.4. The lowest BCUT2D eigenvalue weighted by atomic mass is 10.1. The summed E-state index contributed by atoms with van der Waals surface area (Å²) in [5.74, 6) is 0. The number of nitriles is 1. The van der Waals surface area contributed by atoms with Crippen LogP contribution in [0.3, 0.4) is 0 Å². The predicted octanol–water partition coefficient (Wildman–Crippen LogP) is 4.93. The summed E-state index contributed by atoms with van der Waals surface area (Å²) >= 11 is 0. The first-order valence-electron chi connectivity index (χ1n) is 9.34. The molecule has 8 heteroatoms. The van der Waals surface area contributed by atoms with E-state index in [2.05, 4.69) is 16.7 Å². The van der Waals surface area contributed by atoms with Gasteiger partial charge in [-0.25, -0.2) is 4.79 Å². The monoisotopic (exact) mass is 412 g/mol. The first kappa shape index (κ1) is 19.7. The summed E-state index contributed by atoms with van der Waals surface area (Å²) in [7, 11) is 0. The molecule has 0 atom stereocenters. The highest BCUT2D eigenvalue weighted by Crippen LogP contribution is 2.28. The second-order valence-electron chi connectivity index (χ2n) is 6.78. The van der Waals surface area contributed by atoms with Crippen molar-refractivity contribution in [2.45, 2.75) is 6.54 Å². The van der Waals surface area contributed by atoms with Crippen molar-refractivity contribution in [1.82, 2.24) is 0 Å². The molecule has 3 aromatic carbocycles. The minimum Gasteiger partial charge on any atom is -0.423 e. The molecule has 31 heavy (non-hydrogen) atoms. The van der Waals surface area contributed by atoms with Crippen molar-refractivity contribution < 1.29 is 9.34 Å². The highest BCUT2D eigenvalue weighted by atomic mass is 16.6. The molecule has 0 fully saturated rings. The molecule has 0 amide bonds. The van der Waals surface area contributed by atoms with E-state index in [1.165, 1.54) is 24.3 Å². The zero-order chi connectivity index (χ0) is 21.8. The molecule has 4 rings (SSSR count). The van der Waals surface area contributed by atoms with Crippen LogP contribution in [0, 0.1) is 21.4 Å². The molecule has 1 heterocycles. The van der Waals surface area contributed by atoms with Gasteiger partial charge < -0.3 is 15.1 Å². The topological polar surface area (TPSA) is 121 Å². The summed E-state index contributed by atoms with van der Waals surface area (Å²) < 4.78 is 5.14. The number of nitro benzene ring substituents is 1. The third-order valence-corrected chi connectivity index (χ3v) is 4.68. The zero-order valence-electron chi connectivity index (χ0n) is 16.2. The first-order valence-corrected chi connectivity index (χ1v) is 9.34. The molecule has 0 aliphatic heterocycles. The minimum atomic E-state index is -0.551. The SMILES string of the molecule is N#Cc1ccc(CNc2ccc(Nc3cc(=O)oc4ccc([N+](=O)[O-])cc34)cc2)cc1. The van der Waals surface area contributed by atoms with Crippen LogP contribution in [0.4, 0.5) is 22.7 Å². The molecule has 0 aliphatic rings. The van der Waals surface area contributed by atoms with Crippen LogP contribution >= 0.6 is 0 Å². The molecule has 0 unspecified atom stereocenters. The van der Waals surface area contributed by atoms with Gasteiger partial charge in [0.2, 0.25) is 0 Å². The quantitative estimate of drug-likeness (QED) is 0.262. The number of non-ortho nitro benzene ring substituents is 1. The van der Waals surface area contributed by atoms with E-state index in [1.807, 2.05) is 36.4 Å². The lowest BCUT2D eigenvalue weighted by molar-refractivity contribution is -0.384. The fraction of sp³-hybridized carbons (Fsp3) is 0.0435. The second-order valence-corrected chi connectivity index (χ2v) is 6.78. The molecule has 0 radical (unpaired) electrons. The van der Waals surface area contributed by atoms with E-state index < -0.39 is 10.5 Å². The van der Waals surface area contributed by atoms with E-state index in [4.69, 9.17) is 9.68 Å². The maximum absolute atomic E-state index is 11.9. The summed E-state index contributed by atoms with van der Waals surface area (Å²) in [6, 6.07) is 22.2. The van der Waals surface area contributed by atoms with Crippen LogP contribution in [0.5, 0.6) is 0 Å². The Morgan fingerprint density at radius 1 is 0.968 bits per heavy atom. The summed E-state index contributed by atoms with van der Waals surface area (Å²) in [5.41, 5.74) is 3.31. The number of nitro groups is 1. The molecule has 0 bridgehead atoms. The molecule has 0 saturated heterocycles. The first-order chi connectivity index (χ1) is 15.0. The zero-order valence-corrected chi connectivity index (χ0v) is 16.2. The maximum Gasteiger partial charge on any atom is 0.338 e. The van der Waals surface area contributed by atoms with Crippen LogP contribution in [0.1, 0.15) is 11.1 Å². The van der Waals surface area contributed by atoms with E-state index in [-0.39, 0.29) is 11.3 Å². The van der Waals surface area contributed by atoms with E-state index >= 15 is 0 Å². The number of hydrogen-bond donors (Lipinski definition) is 2. The number of benzene rings is 3. The van der Waals surface area contributed by atoms with E-state index in [0.717, 1.165) is 11.3 Å². The Morgan fingerprint density at radius 3 is 2.35 bits per heavy atom. The van der Waals surface area contributed by atoms with Gasteiger partial charge >= 0.3 is 5.63 Å². The van der Waals surface area contributed by atoms with Crippen LogP contribution in [0.2, 0.25) is 0 Å². The molecule has 152 valence electrons. The normalized spacial score (nSPS) is 10.4. The Bertz CT molecular complexity index is 1350. The van der Waals surface area contributed by atoms with Crippen LogP contribution in [0.15, 0.2) is 82.0 Å². The van der Waals surface area contributed by atoms with Crippen LogP contribution in [0.25, 0.3) is 11.0 Å². The van der Waals surface area contributed by atoms with Gasteiger partial charge in [-0.3, -0.25) is 10.1 Å². The van der Waals surface area contributed by atoms with Crippen LogP contribution < -0.4 is 16.3 Å². The number of anilines is 3. The van der Waals surface area contributed by atoms with Gasteiger partial charge in [-0.05, 0) is 48.0 Å². The van der Waals surface area contributed by atoms with Crippen molar-refractivity contribution in [2.24, 2.45) is 0 Å². The average molecular weight is 412 g/mol. The molecular formula is C23H16N4O4. The number of nitrogens with zero attached hydrogens (tertiary/aromatic N) is 2. The number of hydrogen-bond acceptors (Lipinski definition) is 7. The molecule has 4 aromatic rings. The lowest BCUT2D eigenvalue weighted by Gasteiger charge is -2.11. The standard InChI is InChI=1S/C23H16N4O4/c24-13-15-1-3-16(4-2-15)14-25-17-5-7-18(8-6-17)26-21-12-23(28)31-22-10-9-19(27(29)30)11-20(21)22/h1-12,25-26H,14H2. The molecule has 2 N–H and O–H groups in total. The van der Waals surface area contributed by atoms with Crippen LogP contribution in [-0.4, -0.2) is 4.92 Å². The van der Waals surface area contributed by atoms with Gasteiger partial charge in [0.15, 0.2) is 0 Å². The van der Waals surface area contributed by atoms with Crippen molar-refractivity contribution in [3.05, 3.63) is 104 Å². The number of nitrogens with one attached hydrogen (secondary N) is 2. The Labute approximate surface area is 176 Å². The molecular weight excluding hydrogens is 396 g/mol. The summed E-state index contributed by atoms with van der Waals surface area (Å²) in [6.45, 7) is 0.604. The van der Waals surface area contributed by atoms with Gasteiger partial charge in [-0.1, -0.05) is 12.1 Å². The second kappa shape index (κ2) is 8.39. The summed E-state index contributed by atoms with van der Waals surface area (Å²) in [5, 5.41) is 26.8. The third-order valence-electron chi connectivity index (χ3n) is 4.68. The molecule has 1 aromatic heterocycles. The average Bonchev–Trinajstić information content (AvgIpc) is 2.78. The van der Waals surface area contributed by atoms with Gasteiger partial charge in [0.1, 0.15) is 5.58 Å². The molecule has 8 nitrogen and oxygen atoms in total. The largest absolute Gasteiger partial charge is 0.423 e.